The van der Waals surface area contributed by atoms with Gasteiger partial charge in [-0.25, -0.2) is 8.42 Å². The fraction of sp³-hybridized carbons (Fsp3) is 0.727. The van der Waals surface area contributed by atoms with Crippen molar-refractivity contribution in [1.29, 1.82) is 0 Å². The molecule has 1 N–H and O–H groups in total. The van der Waals surface area contributed by atoms with Crippen LogP contribution in [0.15, 0.2) is 10.6 Å². The van der Waals surface area contributed by atoms with Crippen LogP contribution in [0, 0.1) is 5.92 Å². The van der Waals surface area contributed by atoms with Crippen LogP contribution in [0.5, 0.6) is 0 Å². The Kier molecular flexibility index (Phi) is 4.66. The number of halogens is 1. The SMILES string of the molecule is CC(CCl)CS(=O)(=O)Nc1cc(C(C)(C)C)no1. The summed E-state index contributed by atoms with van der Waals surface area (Å²) >= 11 is 5.60. The van der Waals surface area contributed by atoms with Crippen molar-refractivity contribution in [3.63, 3.8) is 0 Å². The Morgan fingerprint density at radius 2 is 2.11 bits per heavy atom. The molecule has 0 saturated carbocycles. The molecule has 7 heteroatoms. The summed E-state index contributed by atoms with van der Waals surface area (Å²) in [6.07, 6.45) is 0. The largest absolute Gasteiger partial charge is 0.338 e. The molecule has 5 nitrogen and oxygen atoms in total. The van der Waals surface area contributed by atoms with E-state index in [0.29, 0.717) is 11.6 Å². The minimum atomic E-state index is -3.45. The summed E-state index contributed by atoms with van der Waals surface area (Å²) in [5.74, 6) is 0.281. The number of hydrogen-bond acceptors (Lipinski definition) is 4. The average molecular weight is 295 g/mol. The zero-order valence-corrected chi connectivity index (χ0v) is 12.6. The topological polar surface area (TPSA) is 72.2 Å². The standard InChI is InChI=1S/C11H19ClN2O3S/c1-8(6-12)7-18(15,16)14-10-5-9(13-17-10)11(2,3)4/h5,8,14H,6-7H2,1-4H3. The molecule has 0 aliphatic carbocycles. The van der Waals surface area contributed by atoms with Gasteiger partial charge in [-0.15, -0.1) is 11.6 Å². The maximum Gasteiger partial charge on any atom is 0.238 e. The molecule has 0 bridgehead atoms. The van der Waals surface area contributed by atoms with Crippen LogP contribution in [0.3, 0.4) is 0 Å². The molecule has 0 aromatic carbocycles. The molecule has 1 unspecified atom stereocenters. The first-order valence-electron chi connectivity index (χ1n) is 5.67. The van der Waals surface area contributed by atoms with Gasteiger partial charge < -0.3 is 4.52 Å². The van der Waals surface area contributed by atoms with Gasteiger partial charge in [-0.05, 0) is 5.92 Å². The summed E-state index contributed by atoms with van der Waals surface area (Å²) in [5.41, 5.74) is 0.516. The molecule has 1 aromatic heterocycles. The van der Waals surface area contributed by atoms with E-state index in [9.17, 15) is 8.42 Å². The van der Waals surface area contributed by atoms with Gasteiger partial charge in [0.2, 0.25) is 15.9 Å². The van der Waals surface area contributed by atoms with Crippen LogP contribution in [-0.4, -0.2) is 25.2 Å². The third kappa shape index (κ3) is 4.49. The van der Waals surface area contributed by atoms with Crippen LogP contribution in [0.25, 0.3) is 0 Å². The Morgan fingerprint density at radius 3 is 2.56 bits per heavy atom. The number of anilines is 1. The van der Waals surface area contributed by atoms with Crippen molar-refractivity contribution in [3.05, 3.63) is 11.8 Å². The summed E-state index contributed by atoms with van der Waals surface area (Å²) in [6, 6.07) is 1.60. The van der Waals surface area contributed by atoms with Crippen molar-refractivity contribution >= 4 is 27.5 Å². The highest BCUT2D eigenvalue weighted by Gasteiger charge is 2.22. The molecule has 0 amide bonds. The van der Waals surface area contributed by atoms with Gasteiger partial charge in [0, 0.05) is 17.4 Å². The number of alkyl halides is 1. The fourth-order valence-electron chi connectivity index (χ4n) is 1.29. The van der Waals surface area contributed by atoms with Crippen LogP contribution in [0.1, 0.15) is 33.4 Å². The maximum absolute atomic E-state index is 11.8. The van der Waals surface area contributed by atoms with E-state index in [4.69, 9.17) is 16.1 Å². The predicted octanol–water partition coefficient (Wildman–Crippen LogP) is 2.59. The first kappa shape index (κ1) is 15.3. The summed E-state index contributed by atoms with van der Waals surface area (Å²) in [6.45, 7) is 7.68. The monoisotopic (exact) mass is 294 g/mol. The van der Waals surface area contributed by atoms with Gasteiger partial charge in [0.15, 0.2) is 0 Å². The summed E-state index contributed by atoms with van der Waals surface area (Å²) in [5, 5.41) is 3.84. The zero-order valence-electron chi connectivity index (χ0n) is 11.0. The maximum atomic E-state index is 11.8. The lowest BCUT2D eigenvalue weighted by molar-refractivity contribution is 0.405. The first-order chi connectivity index (χ1) is 8.14. The Labute approximate surface area is 113 Å². The van der Waals surface area contributed by atoms with E-state index in [-0.39, 0.29) is 23.0 Å². The highest BCUT2D eigenvalue weighted by molar-refractivity contribution is 7.92. The van der Waals surface area contributed by atoms with Gasteiger partial charge in [-0.2, -0.15) is 0 Å². The molecule has 1 aromatic rings. The molecule has 0 spiro atoms. The van der Waals surface area contributed by atoms with Crippen LogP contribution in [0.2, 0.25) is 0 Å². The number of nitrogens with one attached hydrogen (secondary N) is 1. The van der Waals surface area contributed by atoms with E-state index in [1.807, 2.05) is 20.8 Å². The molecular weight excluding hydrogens is 276 g/mol. The number of aromatic nitrogens is 1. The van der Waals surface area contributed by atoms with Crippen LogP contribution in [0.4, 0.5) is 5.88 Å². The van der Waals surface area contributed by atoms with Gasteiger partial charge in [-0.1, -0.05) is 32.9 Å². The zero-order chi connectivity index (χ0) is 14.0. The van der Waals surface area contributed by atoms with Crippen molar-refractivity contribution in [3.8, 4) is 0 Å². The first-order valence-corrected chi connectivity index (χ1v) is 7.86. The number of nitrogens with zero attached hydrogens (tertiary/aromatic N) is 1. The fourth-order valence-corrected chi connectivity index (χ4v) is 2.88. The molecule has 104 valence electrons. The Morgan fingerprint density at radius 1 is 1.50 bits per heavy atom. The Hall–Kier alpha value is -0.750. The average Bonchev–Trinajstić information content (AvgIpc) is 2.63. The van der Waals surface area contributed by atoms with Crippen molar-refractivity contribution in [1.82, 2.24) is 5.16 Å². The van der Waals surface area contributed by atoms with E-state index in [1.54, 1.807) is 13.0 Å². The molecule has 0 aliphatic heterocycles. The van der Waals surface area contributed by atoms with Crippen molar-refractivity contribution in [2.24, 2.45) is 5.92 Å². The van der Waals surface area contributed by atoms with E-state index >= 15 is 0 Å². The van der Waals surface area contributed by atoms with Crippen molar-refractivity contribution < 1.29 is 12.9 Å². The van der Waals surface area contributed by atoms with Crippen molar-refractivity contribution in [2.75, 3.05) is 16.4 Å². The molecular formula is C11H19ClN2O3S. The van der Waals surface area contributed by atoms with E-state index in [0.717, 1.165) is 0 Å². The second-order valence-electron chi connectivity index (χ2n) is 5.47. The quantitative estimate of drug-likeness (QED) is 0.847. The lowest BCUT2D eigenvalue weighted by Crippen LogP contribution is -2.21. The number of rotatable bonds is 5. The summed E-state index contributed by atoms with van der Waals surface area (Å²) in [4.78, 5) is 0. The van der Waals surface area contributed by atoms with E-state index < -0.39 is 10.0 Å². The Balaban J connectivity index is 2.76. The second-order valence-corrected chi connectivity index (χ2v) is 7.54. The normalized spacial score (nSPS) is 14.5. The molecule has 1 heterocycles. The molecule has 0 aliphatic rings. The highest BCUT2D eigenvalue weighted by Crippen LogP contribution is 2.24. The Bertz CT molecular complexity index is 491. The highest BCUT2D eigenvalue weighted by atomic mass is 35.5. The summed E-state index contributed by atoms with van der Waals surface area (Å²) in [7, 11) is -3.45. The van der Waals surface area contributed by atoms with Gasteiger partial charge in [0.25, 0.3) is 0 Å². The van der Waals surface area contributed by atoms with Crippen LogP contribution in [-0.2, 0) is 15.4 Å². The lowest BCUT2D eigenvalue weighted by Gasteiger charge is -2.12. The molecule has 1 atom stereocenters. The molecule has 1 rings (SSSR count). The lowest BCUT2D eigenvalue weighted by atomic mass is 9.92. The van der Waals surface area contributed by atoms with Gasteiger partial charge in [-0.3, -0.25) is 4.72 Å². The predicted molar refractivity (Wildman–Crippen MR) is 72.5 cm³/mol. The third-order valence-electron chi connectivity index (χ3n) is 2.30. The molecule has 0 saturated heterocycles. The summed E-state index contributed by atoms with van der Waals surface area (Å²) < 4.78 is 30.9. The van der Waals surface area contributed by atoms with Gasteiger partial charge in [0.05, 0.1) is 11.4 Å². The molecule has 0 fully saturated rings. The van der Waals surface area contributed by atoms with Gasteiger partial charge in [0.1, 0.15) is 0 Å². The van der Waals surface area contributed by atoms with E-state index in [2.05, 4.69) is 9.88 Å². The van der Waals surface area contributed by atoms with Gasteiger partial charge >= 0.3 is 0 Å². The van der Waals surface area contributed by atoms with E-state index in [1.165, 1.54) is 0 Å². The van der Waals surface area contributed by atoms with Crippen LogP contribution < -0.4 is 4.72 Å². The van der Waals surface area contributed by atoms with Crippen molar-refractivity contribution in [2.45, 2.75) is 33.1 Å². The minimum absolute atomic E-state index is 0.0396. The minimum Gasteiger partial charge on any atom is -0.338 e. The molecule has 0 radical (unpaired) electrons. The number of sulfonamides is 1. The smallest absolute Gasteiger partial charge is 0.238 e. The molecule has 18 heavy (non-hydrogen) atoms. The third-order valence-corrected chi connectivity index (χ3v) is 4.35. The van der Waals surface area contributed by atoms with Crippen LogP contribution >= 0.6 is 11.6 Å². The second kappa shape index (κ2) is 5.48. The number of hydrogen-bond donors (Lipinski definition) is 1.